The zero-order valence-corrected chi connectivity index (χ0v) is 13.5. The number of rotatable bonds is 5. The molecule has 0 spiro atoms. The Morgan fingerprint density at radius 2 is 1.81 bits per heavy atom. The zero-order valence-electron chi connectivity index (χ0n) is 11.9. The minimum Gasteiger partial charge on any atom is -0.495 e. The van der Waals surface area contributed by atoms with Crippen LogP contribution in [0.1, 0.15) is 6.92 Å². The molecular weight excluding hydrogens is 332 g/mol. The maximum absolute atomic E-state index is 12.2. The Kier molecular flexibility index (Phi) is 5.22. The van der Waals surface area contributed by atoms with E-state index in [0.717, 1.165) is 15.8 Å². The largest absolute Gasteiger partial charge is 0.495 e. The van der Waals surface area contributed by atoms with Gasteiger partial charge in [-0.15, -0.1) is 0 Å². The summed E-state index contributed by atoms with van der Waals surface area (Å²) < 4.78 is 6.23. The molecule has 1 atom stereocenters. The van der Waals surface area contributed by atoms with Gasteiger partial charge in [0, 0.05) is 10.2 Å². The van der Waals surface area contributed by atoms with Gasteiger partial charge in [-0.05, 0) is 43.3 Å². The summed E-state index contributed by atoms with van der Waals surface area (Å²) >= 11 is 3.36. The minimum absolute atomic E-state index is 0.108. The van der Waals surface area contributed by atoms with Crippen LogP contribution in [0.5, 0.6) is 5.75 Å². The van der Waals surface area contributed by atoms with Crippen LogP contribution in [-0.4, -0.2) is 19.1 Å². The highest BCUT2D eigenvalue weighted by Crippen LogP contribution is 2.24. The maximum Gasteiger partial charge on any atom is 0.246 e. The number of nitrogens with one attached hydrogen (secondary N) is 2. The van der Waals surface area contributed by atoms with E-state index in [2.05, 4.69) is 26.6 Å². The highest BCUT2D eigenvalue weighted by Gasteiger charge is 2.14. The van der Waals surface area contributed by atoms with Crippen LogP contribution in [0, 0.1) is 0 Å². The molecule has 2 rings (SSSR count). The van der Waals surface area contributed by atoms with Crippen molar-refractivity contribution in [2.75, 3.05) is 17.7 Å². The van der Waals surface area contributed by atoms with Crippen LogP contribution in [-0.2, 0) is 4.79 Å². The summed E-state index contributed by atoms with van der Waals surface area (Å²) in [5, 5.41) is 6.01. The van der Waals surface area contributed by atoms with Gasteiger partial charge in [-0.1, -0.05) is 28.1 Å². The van der Waals surface area contributed by atoms with Crippen molar-refractivity contribution in [1.29, 1.82) is 0 Å². The molecule has 1 amide bonds. The van der Waals surface area contributed by atoms with Crippen LogP contribution < -0.4 is 15.4 Å². The standard InChI is InChI=1S/C16H17BrN2O2/c1-11(18-14-5-3-4-6-15(14)21-2)16(20)19-13-9-7-12(17)8-10-13/h3-11,18H,1-2H3,(H,19,20)/t11-/m0/s1. The predicted octanol–water partition coefficient (Wildman–Crippen LogP) is 3.90. The number of anilines is 2. The van der Waals surface area contributed by atoms with Gasteiger partial charge >= 0.3 is 0 Å². The normalized spacial score (nSPS) is 11.6. The molecule has 4 nitrogen and oxygen atoms in total. The number of methoxy groups -OCH3 is 1. The van der Waals surface area contributed by atoms with Gasteiger partial charge < -0.3 is 15.4 Å². The molecule has 2 N–H and O–H groups in total. The number of hydrogen-bond donors (Lipinski definition) is 2. The summed E-state index contributed by atoms with van der Waals surface area (Å²) in [7, 11) is 1.60. The molecule has 0 aliphatic carbocycles. The minimum atomic E-state index is -0.384. The van der Waals surface area contributed by atoms with Crippen LogP contribution >= 0.6 is 15.9 Å². The van der Waals surface area contributed by atoms with Gasteiger partial charge in [-0.3, -0.25) is 4.79 Å². The summed E-state index contributed by atoms with van der Waals surface area (Å²) in [6, 6.07) is 14.6. The quantitative estimate of drug-likeness (QED) is 0.861. The number of hydrogen-bond acceptors (Lipinski definition) is 3. The van der Waals surface area contributed by atoms with Gasteiger partial charge in [0.25, 0.3) is 0 Å². The molecule has 0 unspecified atom stereocenters. The van der Waals surface area contributed by atoms with Gasteiger partial charge in [0.15, 0.2) is 0 Å². The fraction of sp³-hybridized carbons (Fsp3) is 0.188. The van der Waals surface area contributed by atoms with Gasteiger partial charge in [0.05, 0.1) is 12.8 Å². The first kappa shape index (κ1) is 15.4. The number of benzene rings is 2. The topological polar surface area (TPSA) is 50.4 Å². The first-order valence-electron chi connectivity index (χ1n) is 6.56. The molecule has 5 heteroatoms. The van der Waals surface area contributed by atoms with Crippen molar-refractivity contribution in [1.82, 2.24) is 0 Å². The molecule has 21 heavy (non-hydrogen) atoms. The number of carbonyl (C=O) groups excluding carboxylic acids is 1. The van der Waals surface area contributed by atoms with E-state index >= 15 is 0 Å². The Morgan fingerprint density at radius 1 is 1.14 bits per heavy atom. The van der Waals surface area contributed by atoms with Crippen LogP contribution in [0.3, 0.4) is 0 Å². The third-order valence-electron chi connectivity index (χ3n) is 2.98. The third-order valence-corrected chi connectivity index (χ3v) is 3.51. The maximum atomic E-state index is 12.2. The molecule has 0 heterocycles. The molecule has 2 aromatic carbocycles. The molecule has 110 valence electrons. The van der Waals surface area contributed by atoms with Crippen LogP contribution in [0.25, 0.3) is 0 Å². The lowest BCUT2D eigenvalue weighted by molar-refractivity contribution is -0.116. The van der Waals surface area contributed by atoms with Crippen molar-refractivity contribution in [3.8, 4) is 5.75 Å². The zero-order chi connectivity index (χ0) is 15.2. The number of carbonyl (C=O) groups is 1. The van der Waals surface area contributed by atoms with Crippen molar-refractivity contribution >= 4 is 33.2 Å². The van der Waals surface area contributed by atoms with Crippen LogP contribution in [0.15, 0.2) is 53.0 Å². The molecule has 0 aromatic heterocycles. The SMILES string of the molecule is COc1ccccc1N[C@@H](C)C(=O)Nc1ccc(Br)cc1. The van der Waals surface area contributed by atoms with Crippen molar-refractivity contribution in [3.63, 3.8) is 0 Å². The smallest absolute Gasteiger partial charge is 0.246 e. The number of para-hydroxylation sites is 2. The molecule has 0 aliphatic heterocycles. The average Bonchev–Trinajstić information content (AvgIpc) is 2.50. The van der Waals surface area contributed by atoms with Crippen molar-refractivity contribution in [2.45, 2.75) is 13.0 Å². The lowest BCUT2D eigenvalue weighted by Gasteiger charge is -2.17. The third kappa shape index (κ3) is 4.23. The van der Waals surface area contributed by atoms with Crippen molar-refractivity contribution in [3.05, 3.63) is 53.0 Å². The molecule has 0 bridgehead atoms. The monoisotopic (exact) mass is 348 g/mol. The van der Waals surface area contributed by atoms with Gasteiger partial charge in [-0.25, -0.2) is 0 Å². The van der Waals surface area contributed by atoms with E-state index in [0.29, 0.717) is 5.75 Å². The molecule has 0 fully saturated rings. The van der Waals surface area contributed by atoms with Crippen molar-refractivity contribution < 1.29 is 9.53 Å². The predicted molar refractivity (Wildman–Crippen MR) is 88.9 cm³/mol. The summed E-state index contributed by atoms with van der Waals surface area (Å²) in [5.74, 6) is 0.601. The molecule has 2 aromatic rings. The second kappa shape index (κ2) is 7.13. The first-order chi connectivity index (χ1) is 10.1. The summed E-state index contributed by atoms with van der Waals surface area (Å²) in [5.41, 5.74) is 1.55. The summed E-state index contributed by atoms with van der Waals surface area (Å²) in [6.45, 7) is 1.81. The van der Waals surface area contributed by atoms with Crippen LogP contribution in [0.4, 0.5) is 11.4 Å². The summed E-state index contributed by atoms with van der Waals surface area (Å²) in [4.78, 5) is 12.2. The first-order valence-corrected chi connectivity index (χ1v) is 7.35. The molecule has 0 saturated heterocycles. The van der Waals surface area contributed by atoms with E-state index in [-0.39, 0.29) is 11.9 Å². The second-order valence-electron chi connectivity index (χ2n) is 4.56. The van der Waals surface area contributed by atoms with Gasteiger partial charge in [0.1, 0.15) is 11.8 Å². The van der Waals surface area contributed by atoms with Gasteiger partial charge in [-0.2, -0.15) is 0 Å². The fourth-order valence-corrected chi connectivity index (χ4v) is 2.11. The lowest BCUT2D eigenvalue weighted by Crippen LogP contribution is -2.31. The molecule has 0 aliphatic rings. The lowest BCUT2D eigenvalue weighted by atomic mass is 10.2. The average molecular weight is 349 g/mol. The molecule has 0 radical (unpaired) electrons. The Balaban J connectivity index is 2.01. The molecule has 0 saturated carbocycles. The number of amides is 1. The van der Waals surface area contributed by atoms with E-state index < -0.39 is 0 Å². The fourth-order valence-electron chi connectivity index (χ4n) is 1.85. The Morgan fingerprint density at radius 3 is 2.48 bits per heavy atom. The van der Waals surface area contributed by atoms with E-state index in [1.807, 2.05) is 48.5 Å². The van der Waals surface area contributed by atoms with Gasteiger partial charge in [0.2, 0.25) is 5.91 Å². The van der Waals surface area contributed by atoms with E-state index in [1.54, 1.807) is 14.0 Å². The summed E-state index contributed by atoms with van der Waals surface area (Å²) in [6.07, 6.45) is 0. The molecular formula is C16H17BrN2O2. The van der Waals surface area contributed by atoms with E-state index in [4.69, 9.17) is 4.74 Å². The van der Waals surface area contributed by atoms with E-state index in [1.165, 1.54) is 0 Å². The number of ether oxygens (including phenoxy) is 1. The highest BCUT2D eigenvalue weighted by atomic mass is 79.9. The Hall–Kier alpha value is -2.01. The van der Waals surface area contributed by atoms with Crippen LogP contribution in [0.2, 0.25) is 0 Å². The van der Waals surface area contributed by atoms with E-state index in [9.17, 15) is 4.79 Å². The Bertz CT molecular complexity index is 614. The number of halogens is 1. The Labute approximate surface area is 132 Å². The highest BCUT2D eigenvalue weighted by molar-refractivity contribution is 9.10. The second-order valence-corrected chi connectivity index (χ2v) is 5.48. The van der Waals surface area contributed by atoms with Crippen molar-refractivity contribution in [2.24, 2.45) is 0 Å².